The van der Waals surface area contributed by atoms with Crippen molar-refractivity contribution in [1.29, 1.82) is 0 Å². The lowest BCUT2D eigenvalue weighted by Gasteiger charge is -2.13. The largest absolute Gasteiger partial charge is 0.480 e. The van der Waals surface area contributed by atoms with Crippen molar-refractivity contribution in [2.24, 2.45) is 0 Å². The van der Waals surface area contributed by atoms with Crippen LogP contribution in [0.2, 0.25) is 5.02 Å². The lowest BCUT2D eigenvalue weighted by atomic mass is 10.2. The minimum atomic E-state index is -0.805. The number of rotatable bonds is 2. The summed E-state index contributed by atoms with van der Waals surface area (Å²) in [7, 11) is 0. The molecule has 0 aliphatic carbocycles. The van der Waals surface area contributed by atoms with Gasteiger partial charge in [0, 0.05) is 15.2 Å². The summed E-state index contributed by atoms with van der Waals surface area (Å²) in [5, 5.41) is 12.6. The molecule has 0 radical (unpaired) electrons. The van der Waals surface area contributed by atoms with Crippen LogP contribution in [0.5, 0.6) is 0 Å². The number of aliphatic carboxylic acids is 1. The van der Waals surface area contributed by atoms with Crippen molar-refractivity contribution < 1.29 is 9.90 Å². The zero-order valence-corrected chi connectivity index (χ0v) is 11.3. The Labute approximate surface area is 111 Å². The van der Waals surface area contributed by atoms with E-state index in [-0.39, 0.29) is 5.37 Å². The number of nitrogens with one attached hydrogen (secondary N) is 1. The first-order valence-electron chi connectivity index (χ1n) is 4.63. The number of carboxylic acids is 1. The van der Waals surface area contributed by atoms with Crippen molar-refractivity contribution in [3.8, 4) is 0 Å². The smallest absolute Gasteiger partial charge is 0.321 e. The van der Waals surface area contributed by atoms with Crippen molar-refractivity contribution in [2.45, 2.75) is 11.4 Å². The van der Waals surface area contributed by atoms with E-state index in [2.05, 4.69) is 21.2 Å². The standard InChI is InChI=1S/C10H9BrClNO2S/c11-7-3-5(12)1-2-6(7)9-13-8(4-16-9)10(14)15/h1-3,8-9,13H,4H2,(H,14,15)/t8-,9?/m0/s1. The minimum Gasteiger partial charge on any atom is -0.480 e. The fraction of sp³-hybridized carbons (Fsp3) is 0.300. The van der Waals surface area contributed by atoms with Crippen LogP contribution in [0.3, 0.4) is 0 Å². The highest BCUT2D eigenvalue weighted by molar-refractivity contribution is 9.10. The predicted octanol–water partition coefficient (Wildman–Crippen LogP) is 2.89. The number of hydrogen-bond donors (Lipinski definition) is 2. The number of thioether (sulfide) groups is 1. The maximum absolute atomic E-state index is 10.8. The molecule has 1 aliphatic rings. The van der Waals surface area contributed by atoms with Gasteiger partial charge >= 0.3 is 5.97 Å². The average molecular weight is 323 g/mol. The summed E-state index contributed by atoms with van der Waals surface area (Å²) in [4.78, 5) is 10.8. The van der Waals surface area contributed by atoms with E-state index in [9.17, 15) is 4.79 Å². The Bertz CT molecular complexity index is 429. The third-order valence-electron chi connectivity index (χ3n) is 2.33. The Morgan fingerprint density at radius 1 is 1.62 bits per heavy atom. The lowest BCUT2D eigenvalue weighted by Crippen LogP contribution is -2.33. The highest BCUT2D eigenvalue weighted by Gasteiger charge is 2.31. The number of carbonyl (C=O) groups is 1. The van der Waals surface area contributed by atoms with E-state index >= 15 is 0 Å². The molecular formula is C10H9BrClNO2S. The number of halogens is 2. The van der Waals surface area contributed by atoms with E-state index in [1.165, 1.54) is 0 Å². The van der Waals surface area contributed by atoms with Gasteiger partial charge in [-0.3, -0.25) is 10.1 Å². The molecule has 16 heavy (non-hydrogen) atoms. The topological polar surface area (TPSA) is 49.3 Å². The first-order chi connectivity index (χ1) is 7.58. The van der Waals surface area contributed by atoms with E-state index in [1.54, 1.807) is 17.8 Å². The number of hydrogen-bond acceptors (Lipinski definition) is 3. The molecule has 86 valence electrons. The van der Waals surface area contributed by atoms with E-state index < -0.39 is 12.0 Å². The second-order valence-corrected chi connectivity index (χ2v) is 5.87. The van der Waals surface area contributed by atoms with Crippen LogP contribution in [0.4, 0.5) is 0 Å². The molecule has 2 N–H and O–H groups in total. The van der Waals surface area contributed by atoms with Gasteiger partial charge in [0.25, 0.3) is 0 Å². The Morgan fingerprint density at radius 3 is 2.94 bits per heavy atom. The molecule has 0 saturated carbocycles. The van der Waals surface area contributed by atoms with Gasteiger partial charge in [0.05, 0.1) is 5.37 Å². The number of carboxylic acid groups (broad SMARTS) is 1. The maximum Gasteiger partial charge on any atom is 0.321 e. The van der Waals surface area contributed by atoms with Crippen molar-refractivity contribution >= 4 is 45.3 Å². The van der Waals surface area contributed by atoms with Crippen LogP contribution in [-0.4, -0.2) is 22.9 Å². The van der Waals surface area contributed by atoms with Gasteiger partial charge in [-0.1, -0.05) is 33.6 Å². The molecule has 0 aromatic heterocycles. The molecule has 0 spiro atoms. The molecule has 3 nitrogen and oxygen atoms in total. The molecule has 1 heterocycles. The third-order valence-corrected chi connectivity index (χ3v) is 4.50. The molecule has 1 saturated heterocycles. The van der Waals surface area contributed by atoms with Crippen LogP contribution in [-0.2, 0) is 4.79 Å². The highest BCUT2D eigenvalue weighted by atomic mass is 79.9. The molecular weight excluding hydrogens is 314 g/mol. The van der Waals surface area contributed by atoms with Gasteiger partial charge in [-0.2, -0.15) is 0 Å². The van der Waals surface area contributed by atoms with Crippen molar-refractivity contribution in [2.75, 3.05) is 5.75 Å². The summed E-state index contributed by atoms with van der Waals surface area (Å²) in [6.07, 6.45) is 0. The summed E-state index contributed by atoms with van der Waals surface area (Å²) >= 11 is 10.9. The normalized spacial score (nSPS) is 24.6. The zero-order chi connectivity index (χ0) is 11.7. The SMILES string of the molecule is O=C(O)[C@@H]1CSC(c2ccc(Cl)cc2Br)N1. The first kappa shape index (κ1) is 12.2. The summed E-state index contributed by atoms with van der Waals surface area (Å²) in [5.41, 5.74) is 1.03. The lowest BCUT2D eigenvalue weighted by molar-refractivity contribution is -0.138. The Balaban J connectivity index is 2.17. The van der Waals surface area contributed by atoms with Crippen LogP contribution >= 0.6 is 39.3 Å². The fourth-order valence-electron chi connectivity index (χ4n) is 1.51. The number of benzene rings is 1. The molecule has 0 bridgehead atoms. The molecule has 1 aliphatic heterocycles. The van der Waals surface area contributed by atoms with Gasteiger partial charge in [0.15, 0.2) is 0 Å². The molecule has 1 aromatic rings. The summed E-state index contributed by atoms with van der Waals surface area (Å²) in [6.45, 7) is 0. The van der Waals surface area contributed by atoms with Gasteiger partial charge in [0.2, 0.25) is 0 Å². The van der Waals surface area contributed by atoms with Crippen LogP contribution in [0.1, 0.15) is 10.9 Å². The Kier molecular flexibility index (Phi) is 3.79. The predicted molar refractivity (Wildman–Crippen MR) is 68.9 cm³/mol. The molecule has 0 amide bonds. The van der Waals surface area contributed by atoms with Crippen molar-refractivity contribution in [3.05, 3.63) is 33.3 Å². The van der Waals surface area contributed by atoms with E-state index in [1.807, 2.05) is 12.1 Å². The molecule has 1 fully saturated rings. The third kappa shape index (κ3) is 2.53. The van der Waals surface area contributed by atoms with Crippen LogP contribution in [0, 0.1) is 0 Å². The van der Waals surface area contributed by atoms with Gasteiger partial charge in [-0.15, -0.1) is 11.8 Å². The molecule has 2 rings (SSSR count). The molecule has 2 atom stereocenters. The summed E-state index contributed by atoms with van der Waals surface area (Å²) in [5.74, 6) is -0.227. The maximum atomic E-state index is 10.8. The van der Waals surface area contributed by atoms with E-state index in [0.717, 1.165) is 10.0 Å². The summed E-state index contributed by atoms with van der Waals surface area (Å²) in [6, 6.07) is 5.05. The van der Waals surface area contributed by atoms with Gasteiger partial charge in [0.1, 0.15) is 6.04 Å². The highest BCUT2D eigenvalue weighted by Crippen LogP contribution is 2.37. The van der Waals surface area contributed by atoms with Crippen LogP contribution in [0.25, 0.3) is 0 Å². The molecule has 1 unspecified atom stereocenters. The summed E-state index contributed by atoms with van der Waals surface area (Å²) < 4.78 is 0.899. The van der Waals surface area contributed by atoms with Crippen LogP contribution in [0.15, 0.2) is 22.7 Å². The second-order valence-electron chi connectivity index (χ2n) is 3.44. The first-order valence-corrected chi connectivity index (χ1v) is 6.85. The monoisotopic (exact) mass is 321 g/mol. The fourth-order valence-corrected chi connectivity index (χ4v) is 3.84. The molecule has 1 aromatic carbocycles. The van der Waals surface area contributed by atoms with E-state index in [0.29, 0.717) is 10.8 Å². The molecule has 6 heteroatoms. The van der Waals surface area contributed by atoms with Gasteiger partial charge < -0.3 is 5.11 Å². The van der Waals surface area contributed by atoms with Crippen molar-refractivity contribution in [1.82, 2.24) is 5.32 Å². The van der Waals surface area contributed by atoms with E-state index in [4.69, 9.17) is 16.7 Å². The van der Waals surface area contributed by atoms with Crippen molar-refractivity contribution in [3.63, 3.8) is 0 Å². The average Bonchev–Trinajstić information content (AvgIpc) is 2.66. The van der Waals surface area contributed by atoms with Gasteiger partial charge in [-0.25, -0.2) is 0 Å². The zero-order valence-electron chi connectivity index (χ0n) is 8.11. The quantitative estimate of drug-likeness (QED) is 0.879. The Morgan fingerprint density at radius 2 is 2.38 bits per heavy atom. The second kappa shape index (κ2) is 4.96. The van der Waals surface area contributed by atoms with Crippen LogP contribution < -0.4 is 5.32 Å². The Hall–Kier alpha value is -0.230. The minimum absolute atomic E-state index is 0.00717. The van der Waals surface area contributed by atoms with Gasteiger partial charge in [-0.05, 0) is 17.7 Å².